The Bertz CT molecular complexity index is 614. The van der Waals surface area contributed by atoms with Gasteiger partial charge < -0.3 is 15.0 Å². The zero-order chi connectivity index (χ0) is 19.4. The van der Waals surface area contributed by atoms with Crippen LogP contribution in [-0.4, -0.2) is 71.2 Å². The molecule has 3 heterocycles. The average Bonchev–Trinajstić information content (AvgIpc) is 2.66. The number of hydrogen-bond donors (Lipinski definition) is 1. The van der Waals surface area contributed by atoms with Gasteiger partial charge in [-0.2, -0.15) is 0 Å². The maximum atomic E-state index is 12.8. The number of hydrogen-bond acceptors (Lipinski definition) is 6. The summed E-state index contributed by atoms with van der Waals surface area (Å²) in [6.45, 7) is 12.6. The van der Waals surface area contributed by atoms with Gasteiger partial charge in [0, 0.05) is 50.7 Å². The third-order valence-electron chi connectivity index (χ3n) is 5.60. The number of ether oxygens (including phenoxy) is 1. The molecule has 7 heteroatoms. The van der Waals surface area contributed by atoms with E-state index in [9.17, 15) is 4.79 Å². The molecule has 2 fully saturated rings. The Morgan fingerprint density at radius 3 is 2.56 bits per heavy atom. The van der Waals surface area contributed by atoms with Crippen molar-refractivity contribution >= 4 is 11.9 Å². The highest BCUT2D eigenvalue weighted by atomic mass is 16.5. The molecule has 0 radical (unpaired) electrons. The number of carbonyl (C=O) groups excluding carboxylic acids is 1. The molecule has 1 amide bonds. The first-order chi connectivity index (χ1) is 12.8. The van der Waals surface area contributed by atoms with Crippen LogP contribution in [0.5, 0.6) is 0 Å². The van der Waals surface area contributed by atoms with Crippen molar-refractivity contribution in [3.05, 3.63) is 18.5 Å². The maximum Gasteiger partial charge on any atom is 0.225 e. The molecular formula is C20H33N5O2. The van der Waals surface area contributed by atoms with Crippen LogP contribution >= 0.6 is 0 Å². The standard InChI is InChI=1S/C20H33N5O2/c1-15-11-25(12-16(2)27-15)20(3,4)14-23-18(26)17-7-5-10-24(13-17)19-21-8-6-9-22-19/h6,8-9,15-17H,5,7,10-14H2,1-4H3,(H,23,26)/t15-,16-,17+/m1/s1. The minimum atomic E-state index is -0.0984. The van der Waals surface area contributed by atoms with Gasteiger partial charge in [0.05, 0.1) is 18.1 Å². The third-order valence-corrected chi connectivity index (χ3v) is 5.60. The van der Waals surface area contributed by atoms with Gasteiger partial charge in [0.1, 0.15) is 0 Å². The fraction of sp³-hybridized carbons (Fsp3) is 0.750. The summed E-state index contributed by atoms with van der Waals surface area (Å²) < 4.78 is 5.84. The second-order valence-corrected chi connectivity index (χ2v) is 8.53. The zero-order valence-electron chi connectivity index (χ0n) is 17.0. The summed E-state index contributed by atoms with van der Waals surface area (Å²) in [6.07, 6.45) is 5.85. The Kier molecular flexibility index (Phi) is 6.32. The molecule has 0 spiro atoms. The number of carbonyl (C=O) groups is 1. The molecule has 0 aromatic carbocycles. The highest BCUT2D eigenvalue weighted by molar-refractivity contribution is 5.79. The van der Waals surface area contributed by atoms with Crippen LogP contribution in [0.1, 0.15) is 40.5 Å². The minimum absolute atomic E-state index is 0.0131. The van der Waals surface area contributed by atoms with Crippen LogP contribution in [0, 0.1) is 5.92 Å². The van der Waals surface area contributed by atoms with Crippen LogP contribution < -0.4 is 10.2 Å². The van der Waals surface area contributed by atoms with Crippen molar-refractivity contribution in [3.63, 3.8) is 0 Å². The molecule has 2 aliphatic rings. The van der Waals surface area contributed by atoms with E-state index < -0.39 is 0 Å². The van der Waals surface area contributed by atoms with E-state index in [1.165, 1.54) is 0 Å². The highest BCUT2D eigenvalue weighted by Gasteiger charge is 2.34. The monoisotopic (exact) mass is 375 g/mol. The van der Waals surface area contributed by atoms with Crippen molar-refractivity contribution in [3.8, 4) is 0 Å². The fourth-order valence-corrected chi connectivity index (χ4v) is 4.06. The van der Waals surface area contributed by atoms with Gasteiger partial charge in [-0.15, -0.1) is 0 Å². The van der Waals surface area contributed by atoms with Gasteiger partial charge in [-0.25, -0.2) is 9.97 Å². The summed E-state index contributed by atoms with van der Waals surface area (Å²) in [7, 11) is 0. The lowest BCUT2D eigenvalue weighted by Crippen LogP contribution is -2.59. The van der Waals surface area contributed by atoms with Gasteiger partial charge in [-0.1, -0.05) is 0 Å². The highest BCUT2D eigenvalue weighted by Crippen LogP contribution is 2.22. The molecule has 2 aliphatic heterocycles. The topological polar surface area (TPSA) is 70.6 Å². The Labute approximate surface area is 162 Å². The summed E-state index contributed by atoms with van der Waals surface area (Å²) in [5.74, 6) is 0.838. The smallest absolute Gasteiger partial charge is 0.225 e. The molecule has 27 heavy (non-hydrogen) atoms. The average molecular weight is 376 g/mol. The molecule has 0 saturated carbocycles. The predicted octanol–water partition coefficient (Wildman–Crippen LogP) is 1.70. The van der Waals surface area contributed by atoms with Gasteiger partial charge in [0.15, 0.2) is 0 Å². The van der Waals surface area contributed by atoms with Gasteiger partial charge in [-0.05, 0) is 46.6 Å². The normalized spacial score (nSPS) is 27.4. The summed E-state index contributed by atoms with van der Waals surface area (Å²) in [5.41, 5.74) is -0.0984. The Hall–Kier alpha value is -1.73. The largest absolute Gasteiger partial charge is 0.373 e. The first-order valence-corrected chi connectivity index (χ1v) is 10.1. The van der Waals surface area contributed by atoms with Crippen LogP contribution in [0.3, 0.4) is 0 Å². The second-order valence-electron chi connectivity index (χ2n) is 8.53. The number of amides is 1. The molecule has 150 valence electrons. The number of morpholine rings is 1. The molecule has 3 atom stereocenters. The molecule has 0 bridgehead atoms. The van der Waals surface area contributed by atoms with Crippen LogP contribution in [0.4, 0.5) is 5.95 Å². The lowest BCUT2D eigenvalue weighted by Gasteiger charge is -2.45. The van der Waals surface area contributed by atoms with Gasteiger partial charge in [0.25, 0.3) is 0 Å². The molecule has 1 aromatic heterocycles. The van der Waals surface area contributed by atoms with Crippen molar-refractivity contribution in [1.29, 1.82) is 0 Å². The lowest BCUT2D eigenvalue weighted by atomic mass is 9.96. The number of rotatable bonds is 5. The van der Waals surface area contributed by atoms with E-state index in [1.54, 1.807) is 12.4 Å². The van der Waals surface area contributed by atoms with E-state index in [1.807, 2.05) is 6.07 Å². The van der Waals surface area contributed by atoms with E-state index in [0.29, 0.717) is 19.0 Å². The molecule has 1 aromatic rings. The van der Waals surface area contributed by atoms with Gasteiger partial charge in [0.2, 0.25) is 11.9 Å². The van der Waals surface area contributed by atoms with Crippen molar-refractivity contribution in [2.24, 2.45) is 5.92 Å². The number of anilines is 1. The molecular weight excluding hydrogens is 342 g/mol. The molecule has 1 N–H and O–H groups in total. The first kappa shape index (κ1) is 20.0. The van der Waals surface area contributed by atoms with Gasteiger partial charge >= 0.3 is 0 Å². The van der Waals surface area contributed by atoms with E-state index in [-0.39, 0.29) is 29.6 Å². The van der Waals surface area contributed by atoms with E-state index in [2.05, 4.69) is 52.8 Å². The first-order valence-electron chi connectivity index (χ1n) is 10.1. The molecule has 0 aliphatic carbocycles. The molecule has 0 unspecified atom stereocenters. The third kappa shape index (κ3) is 5.17. The quantitative estimate of drug-likeness (QED) is 0.845. The predicted molar refractivity (Wildman–Crippen MR) is 106 cm³/mol. The summed E-state index contributed by atoms with van der Waals surface area (Å²) >= 11 is 0. The Morgan fingerprint density at radius 2 is 1.89 bits per heavy atom. The van der Waals surface area contributed by atoms with Crippen molar-refractivity contribution in [1.82, 2.24) is 20.2 Å². The minimum Gasteiger partial charge on any atom is -0.373 e. The summed E-state index contributed by atoms with van der Waals surface area (Å²) in [6, 6.07) is 1.81. The SMILES string of the molecule is C[C@@H]1CN(C(C)(C)CNC(=O)[C@H]2CCCN(c3ncccn3)C2)C[C@@H](C)O1. The summed E-state index contributed by atoms with van der Waals surface area (Å²) in [4.78, 5) is 26.0. The fourth-order valence-electron chi connectivity index (χ4n) is 4.06. The molecule has 3 rings (SSSR count). The lowest BCUT2D eigenvalue weighted by molar-refractivity contribution is -0.127. The van der Waals surface area contributed by atoms with Crippen molar-refractivity contribution in [2.75, 3.05) is 37.6 Å². The number of nitrogens with one attached hydrogen (secondary N) is 1. The van der Waals surface area contributed by atoms with Crippen molar-refractivity contribution < 1.29 is 9.53 Å². The summed E-state index contributed by atoms with van der Waals surface area (Å²) in [5, 5.41) is 3.20. The van der Waals surface area contributed by atoms with E-state index in [4.69, 9.17) is 4.74 Å². The number of piperidine rings is 1. The number of nitrogens with zero attached hydrogens (tertiary/aromatic N) is 4. The van der Waals surface area contributed by atoms with Gasteiger partial charge in [-0.3, -0.25) is 9.69 Å². The van der Waals surface area contributed by atoms with E-state index in [0.717, 1.165) is 32.5 Å². The van der Waals surface area contributed by atoms with Crippen LogP contribution in [-0.2, 0) is 9.53 Å². The Morgan fingerprint density at radius 1 is 1.22 bits per heavy atom. The van der Waals surface area contributed by atoms with Crippen molar-refractivity contribution in [2.45, 2.75) is 58.3 Å². The van der Waals surface area contributed by atoms with Crippen LogP contribution in [0.2, 0.25) is 0 Å². The number of aromatic nitrogens is 2. The molecule has 2 saturated heterocycles. The molecule has 7 nitrogen and oxygen atoms in total. The van der Waals surface area contributed by atoms with Crippen LogP contribution in [0.25, 0.3) is 0 Å². The Balaban J connectivity index is 1.53. The second kappa shape index (κ2) is 8.52. The van der Waals surface area contributed by atoms with Crippen LogP contribution in [0.15, 0.2) is 18.5 Å². The zero-order valence-corrected chi connectivity index (χ0v) is 17.0. The maximum absolute atomic E-state index is 12.8. The van der Waals surface area contributed by atoms with E-state index >= 15 is 0 Å².